The number of carbonyl (C=O) groups is 1. The van der Waals surface area contributed by atoms with Crippen LogP contribution in [0.25, 0.3) is 0 Å². The van der Waals surface area contributed by atoms with E-state index >= 15 is 0 Å². The first-order valence-electron chi connectivity index (χ1n) is 10.7. The zero-order valence-corrected chi connectivity index (χ0v) is 18.6. The highest BCUT2D eigenvalue weighted by Gasteiger charge is 2.35. The molecule has 30 heavy (non-hydrogen) atoms. The summed E-state index contributed by atoms with van der Waals surface area (Å²) in [6.07, 6.45) is 2.56. The van der Waals surface area contributed by atoms with Crippen molar-refractivity contribution in [3.05, 3.63) is 70.8 Å². The molecule has 6 heteroatoms. The van der Waals surface area contributed by atoms with Crippen LogP contribution in [-0.4, -0.2) is 55.3 Å². The van der Waals surface area contributed by atoms with Crippen molar-refractivity contribution in [2.75, 3.05) is 25.1 Å². The van der Waals surface area contributed by atoms with Gasteiger partial charge in [0.15, 0.2) is 9.84 Å². The average molecular weight is 427 g/mol. The van der Waals surface area contributed by atoms with Gasteiger partial charge >= 0.3 is 0 Å². The van der Waals surface area contributed by atoms with Gasteiger partial charge < -0.3 is 4.90 Å². The van der Waals surface area contributed by atoms with Gasteiger partial charge in [-0.3, -0.25) is 9.69 Å². The zero-order chi connectivity index (χ0) is 21.3. The van der Waals surface area contributed by atoms with E-state index in [9.17, 15) is 13.2 Å². The molecule has 1 saturated heterocycles. The van der Waals surface area contributed by atoms with E-state index in [-0.39, 0.29) is 29.5 Å². The Balaban J connectivity index is 1.54. The van der Waals surface area contributed by atoms with Crippen molar-refractivity contribution >= 4 is 15.7 Å². The van der Waals surface area contributed by atoms with Crippen molar-refractivity contribution in [2.24, 2.45) is 0 Å². The van der Waals surface area contributed by atoms with Crippen LogP contribution in [0.15, 0.2) is 48.5 Å². The van der Waals surface area contributed by atoms with E-state index in [2.05, 4.69) is 60.4 Å². The molecule has 160 valence electrons. The quantitative estimate of drug-likeness (QED) is 0.712. The van der Waals surface area contributed by atoms with Crippen molar-refractivity contribution in [3.8, 4) is 0 Å². The summed E-state index contributed by atoms with van der Waals surface area (Å²) in [6.45, 7) is 3.06. The number of hydrogen-bond acceptors (Lipinski definition) is 4. The lowest BCUT2D eigenvalue weighted by molar-refractivity contribution is -0.133. The third-order valence-electron chi connectivity index (χ3n) is 6.54. The molecule has 1 fully saturated rings. The number of hydrogen-bond donors (Lipinski definition) is 0. The number of nitrogens with zero attached hydrogens (tertiary/aromatic N) is 2. The Morgan fingerprint density at radius 3 is 2.50 bits per heavy atom. The highest BCUT2D eigenvalue weighted by Crippen LogP contribution is 2.36. The largest absolute Gasteiger partial charge is 0.341 e. The first kappa shape index (κ1) is 21.1. The highest BCUT2D eigenvalue weighted by molar-refractivity contribution is 7.91. The molecule has 1 heterocycles. The van der Waals surface area contributed by atoms with E-state index in [0.29, 0.717) is 19.5 Å². The van der Waals surface area contributed by atoms with Crippen molar-refractivity contribution in [1.29, 1.82) is 0 Å². The predicted molar refractivity (Wildman–Crippen MR) is 119 cm³/mol. The molecule has 2 atom stereocenters. The Morgan fingerprint density at radius 2 is 1.80 bits per heavy atom. The zero-order valence-electron chi connectivity index (χ0n) is 17.8. The Morgan fingerprint density at radius 1 is 1.07 bits per heavy atom. The number of likely N-dealkylation sites (N-methyl/N-ethyl adjacent to an activating group) is 1. The number of sulfone groups is 1. The molecule has 4 rings (SSSR count). The second-order valence-electron chi connectivity index (χ2n) is 8.71. The molecule has 1 amide bonds. The van der Waals surface area contributed by atoms with Crippen molar-refractivity contribution in [3.63, 3.8) is 0 Å². The van der Waals surface area contributed by atoms with Crippen molar-refractivity contribution < 1.29 is 13.2 Å². The lowest BCUT2D eigenvalue weighted by Crippen LogP contribution is -2.44. The number of amides is 1. The van der Waals surface area contributed by atoms with Crippen LogP contribution in [0.1, 0.15) is 41.1 Å². The normalized spacial score (nSPS) is 22.2. The lowest BCUT2D eigenvalue weighted by Gasteiger charge is -2.32. The molecule has 2 aliphatic rings. The van der Waals surface area contributed by atoms with Gasteiger partial charge in [0.2, 0.25) is 5.91 Å². The van der Waals surface area contributed by atoms with Gasteiger partial charge in [0, 0.05) is 25.7 Å². The standard InChI is InChI=1S/C24H30N2O3S/c1-18-7-9-19(10-8-18)15-26(23-12-11-20-5-3-4-6-22(20)23)16-24(27)25(2)21-13-14-30(28,29)17-21/h3-10,21,23H,11-17H2,1-2H3/t21-,23+/m1/s1. The van der Waals surface area contributed by atoms with Gasteiger partial charge in [-0.05, 0) is 42.9 Å². The van der Waals surface area contributed by atoms with E-state index < -0.39 is 9.84 Å². The van der Waals surface area contributed by atoms with Crippen LogP contribution in [0.4, 0.5) is 0 Å². The summed E-state index contributed by atoms with van der Waals surface area (Å²) in [5.41, 5.74) is 5.07. The van der Waals surface area contributed by atoms with Crippen LogP contribution in [-0.2, 0) is 27.6 Å². The first-order valence-corrected chi connectivity index (χ1v) is 12.5. The van der Waals surface area contributed by atoms with E-state index in [1.807, 2.05) is 0 Å². The fourth-order valence-corrected chi connectivity index (χ4v) is 6.46. The number of aryl methyl sites for hydroxylation is 2. The number of carbonyl (C=O) groups excluding carboxylic acids is 1. The highest BCUT2D eigenvalue weighted by atomic mass is 32.2. The molecule has 0 radical (unpaired) electrons. The van der Waals surface area contributed by atoms with Gasteiger partial charge in [0.05, 0.1) is 18.1 Å². The fourth-order valence-electron chi connectivity index (χ4n) is 4.69. The van der Waals surface area contributed by atoms with Crippen molar-refractivity contribution in [2.45, 2.75) is 44.8 Å². The smallest absolute Gasteiger partial charge is 0.236 e. The van der Waals surface area contributed by atoms with Crippen LogP contribution in [0.5, 0.6) is 0 Å². The molecule has 0 spiro atoms. The number of fused-ring (bicyclic) bond motifs is 1. The number of rotatable bonds is 6. The van der Waals surface area contributed by atoms with E-state index in [4.69, 9.17) is 0 Å². The van der Waals surface area contributed by atoms with Crippen LogP contribution in [0.2, 0.25) is 0 Å². The molecule has 0 N–H and O–H groups in total. The van der Waals surface area contributed by atoms with Gasteiger partial charge in [0.25, 0.3) is 0 Å². The summed E-state index contributed by atoms with van der Waals surface area (Å²) in [5.74, 6) is 0.256. The molecule has 0 aromatic heterocycles. The maximum atomic E-state index is 13.2. The maximum Gasteiger partial charge on any atom is 0.236 e. The SMILES string of the molecule is Cc1ccc(CN(CC(=O)N(C)[C@@H]2CCS(=O)(=O)C2)[C@H]2CCc3ccccc32)cc1. The molecule has 0 saturated carbocycles. The second kappa shape index (κ2) is 8.52. The topological polar surface area (TPSA) is 57.7 Å². The van der Waals surface area contributed by atoms with Gasteiger partial charge in [-0.25, -0.2) is 8.42 Å². The third-order valence-corrected chi connectivity index (χ3v) is 8.29. The summed E-state index contributed by atoms with van der Waals surface area (Å²) in [6, 6.07) is 16.9. The molecule has 2 aromatic rings. The minimum atomic E-state index is -3.02. The molecule has 1 aliphatic carbocycles. The monoisotopic (exact) mass is 426 g/mol. The first-order chi connectivity index (χ1) is 14.3. The molecular formula is C24H30N2O3S. The van der Waals surface area contributed by atoms with E-state index in [1.165, 1.54) is 22.3 Å². The van der Waals surface area contributed by atoms with Gasteiger partial charge in [-0.1, -0.05) is 54.1 Å². The Labute approximate surface area is 179 Å². The molecular weight excluding hydrogens is 396 g/mol. The maximum absolute atomic E-state index is 13.2. The molecule has 2 aromatic carbocycles. The van der Waals surface area contributed by atoms with E-state index in [1.54, 1.807) is 11.9 Å². The molecule has 0 bridgehead atoms. The van der Waals surface area contributed by atoms with Gasteiger partial charge in [0.1, 0.15) is 0 Å². The van der Waals surface area contributed by atoms with Gasteiger partial charge in [-0.2, -0.15) is 0 Å². The summed E-state index contributed by atoms with van der Waals surface area (Å²) >= 11 is 0. The summed E-state index contributed by atoms with van der Waals surface area (Å²) in [7, 11) is -1.27. The van der Waals surface area contributed by atoms with Crippen LogP contribution >= 0.6 is 0 Å². The average Bonchev–Trinajstić information content (AvgIpc) is 3.31. The third kappa shape index (κ3) is 4.60. The number of benzene rings is 2. The van der Waals surface area contributed by atoms with Crippen LogP contribution in [0.3, 0.4) is 0 Å². The Hall–Kier alpha value is -2.18. The van der Waals surface area contributed by atoms with Crippen LogP contribution < -0.4 is 0 Å². The Bertz CT molecular complexity index is 1020. The van der Waals surface area contributed by atoms with Crippen LogP contribution in [0, 0.1) is 6.92 Å². The second-order valence-corrected chi connectivity index (χ2v) is 10.9. The summed E-state index contributed by atoms with van der Waals surface area (Å²) < 4.78 is 23.7. The molecule has 1 aliphatic heterocycles. The fraction of sp³-hybridized carbons (Fsp3) is 0.458. The predicted octanol–water partition coefficient (Wildman–Crippen LogP) is 3.13. The Kier molecular flexibility index (Phi) is 5.98. The lowest BCUT2D eigenvalue weighted by atomic mass is 10.1. The van der Waals surface area contributed by atoms with Crippen molar-refractivity contribution in [1.82, 2.24) is 9.80 Å². The minimum absolute atomic E-state index is 0.00593. The molecule has 5 nitrogen and oxygen atoms in total. The summed E-state index contributed by atoms with van der Waals surface area (Å²) in [4.78, 5) is 17.1. The minimum Gasteiger partial charge on any atom is -0.341 e. The van der Waals surface area contributed by atoms with E-state index in [0.717, 1.165) is 12.8 Å². The summed E-state index contributed by atoms with van der Waals surface area (Å²) in [5, 5.41) is 0. The van der Waals surface area contributed by atoms with Gasteiger partial charge in [-0.15, -0.1) is 0 Å². The molecule has 0 unspecified atom stereocenters.